The van der Waals surface area contributed by atoms with Gasteiger partial charge in [-0.15, -0.1) is 11.3 Å². The van der Waals surface area contributed by atoms with Gasteiger partial charge in [0, 0.05) is 29.7 Å². The van der Waals surface area contributed by atoms with Crippen LogP contribution < -0.4 is 10.6 Å². The molecule has 1 saturated carbocycles. The van der Waals surface area contributed by atoms with Crippen molar-refractivity contribution in [3.05, 3.63) is 33.7 Å². The van der Waals surface area contributed by atoms with Crippen LogP contribution in [-0.2, 0) is 16.1 Å². The predicted octanol–water partition coefficient (Wildman–Crippen LogP) is 1.84. The van der Waals surface area contributed by atoms with Crippen molar-refractivity contribution >= 4 is 23.3 Å². The Balaban J connectivity index is 1.77. The summed E-state index contributed by atoms with van der Waals surface area (Å²) >= 11 is 1.73. The second-order valence-electron chi connectivity index (χ2n) is 5.70. The van der Waals surface area contributed by atoms with Gasteiger partial charge in [-0.2, -0.15) is 0 Å². The standard InChI is InChI=1S/C16H21N3O3S/c1-2-22-15(20)13-8-17-16(21)18-14(13)10-19(11-5-6-11)9-12-4-3-7-23-12/h3-4,7,11H,2,5-6,8-10H2,1H3,(H2,17,18,21). The van der Waals surface area contributed by atoms with E-state index in [0.717, 1.165) is 6.54 Å². The molecule has 2 heterocycles. The van der Waals surface area contributed by atoms with Gasteiger partial charge in [-0.25, -0.2) is 9.59 Å². The Morgan fingerprint density at radius 2 is 2.26 bits per heavy atom. The molecule has 7 heteroatoms. The lowest BCUT2D eigenvalue weighted by atomic mass is 10.1. The van der Waals surface area contributed by atoms with Crippen molar-refractivity contribution < 1.29 is 14.3 Å². The molecule has 1 aliphatic carbocycles. The molecule has 3 rings (SSSR count). The van der Waals surface area contributed by atoms with Crippen LogP contribution in [0.3, 0.4) is 0 Å². The molecule has 2 aliphatic rings. The van der Waals surface area contributed by atoms with Crippen molar-refractivity contribution in [2.45, 2.75) is 32.4 Å². The Kier molecular flexibility index (Phi) is 4.97. The molecule has 23 heavy (non-hydrogen) atoms. The highest BCUT2D eigenvalue weighted by atomic mass is 32.1. The molecule has 2 amide bonds. The third-order valence-corrected chi connectivity index (χ3v) is 4.80. The predicted molar refractivity (Wildman–Crippen MR) is 87.9 cm³/mol. The highest BCUT2D eigenvalue weighted by molar-refractivity contribution is 7.09. The molecule has 0 bridgehead atoms. The number of urea groups is 1. The van der Waals surface area contributed by atoms with Gasteiger partial charge in [0.05, 0.1) is 18.7 Å². The molecule has 1 aromatic rings. The summed E-state index contributed by atoms with van der Waals surface area (Å²) in [4.78, 5) is 27.4. The number of carbonyl (C=O) groups excluding carboxylic acids is 2. The van der Waals surface area contributed by atoms with Crippen LogP contribution in [0, 0.1) is 0 Å². The van der Waals surface area contributed by atoms with Crippen LogP contribution in [0.2, 0.25) is 0 Å². The zero-order valence-corrected chi connectivity index (χ0v) is 13.9. The van der Waals surface area contributed by atoms with Crippen molar-refractivity contribution in [2.24, 2.45) is 0 Å². The molecule has 2 N–H and O–H groups in total. The van der Waals surface area contributed by atoms with E-state index in [1.54, 1.807) is 18.3 Å². The van der Waals surface area contributed by atoms with E-state index in [2.05, 4.69) is 27.0 Å². The summed E-state index contributed by atoms with van der Waals surface area (Å²) in [7, 11) is 0. The van der Waals surface area contributed by atoms with E-state index in [1.807, 2.05) is 6.07 Å². The van der Waals surface area contributed by atoms with Gasteiger partial charge in [0.15, 0.2) is 0 Å². The maximum absolute atomic E-state index is 12.1. The number of amides is 2. The van der Waals surface area contributed by atoms with Gasteiger partial charge < -0.3 is 15.4 Å². The first-order chi connectivity index (χ1) is 11.2. The van der Waals surface area contributed by atoms with E-state index in [9.17, 15) is 9.59 Å². The molecule has 0 unspecified atom stereocenters. The Morgan fingerprint density at radius 1 is 1.43 bits per heavy atom. The van der Waals surface area contributed by atoms with Gasteiger partial charge >= 0.3 is 12.0 Å². The van der Waals surface area contributed by atoms with E-state index >= 15 is 0 Å². The number of hydrogen-bond donors (Lipinski definition) is 2. The second-order valence-corrected chi connectivity index (χ2v) is 6.73. The Morgan fingerprint density at radius 3 is 2.91 bits per heavy atom. The molecule has 1 aliphatic heterocycles. The topological polar surface area (TPSA) is 70.7 Å². The molecule has 0 atom stereocenters. The SMILES string of the molecule is CCOC(=O)C1=C(CN(Cc2cccs2)C2CC2)NC(=O)NC1. The van der Waals surface area contributed by atoms with Crippen LogP contribution in [0.5, 0.6) is 0 Å². The fourth-order valence-electron chi connectivity index (χ4n) is 2.64. The number of thiophene rings is 1. The third kappa shape index (κ3) is 4.11. The molecular weight excluding hydrogens is 314 g/mol. The van der Waals surface area contributed by atoms with Crippen LogP contribution in [-0.4, -0.2) is 42.6 Å². The highest BCUT2D eigenvalue weighted by Gasteiger charge is 2.32. The molecule has 1 aromatic heterocycles. The quantitative estimate of drug-likeness (QED) is 0.746. The van der Waals surface area contributed by atoms with E-state index in [-0.39, 0.29) is 18.5 Å². The van der Waals surface area contributed by atoms with E-state index in [4.69, 9.17) is 4.74 Å². The van der Waals surface area contributed by atoms with Crippen molar-refractivity contribution in [1.29, 1.82) is 0 Å². The second kappa shape index (κ2) is 7.14. The maximum Gasteiger partial charge on any atom is 0.337 e. The Hall–Kier alpha value is -1.86. The fourth-order valence-corrected chi connectivity index (χ4v) is 3.37. The third-order valence-electron chi connectivity index (χ3n) is 3.94. The van der Waals surface area contributed by atoms with Gasteiger partial charge in [0.1, 0.15) is 0 Å². The minimum Gasteiger partial charge on any atom is -0.463 e. The first-order valence-corrected chi connectivity index (χ1v) is 8.75. The van der Waals surface area contributed by atoms with Gasteiger partial charge in [-0.05, 0) is 31.2 Å². The Labute approximate surface area is 139 Å². The molecule has 0 saturated heterocycles. The van der Waals surface area contributed by atoms with Gasteiger partial charge in [-0.3, -0.25) is 4.90 Å². The molecule has 0 spiro atoms. The first-order valence-electron chi connectivity index (χ1n) is 7.87. The molecule has 1 fully saturated rings. The number of nitrogens with one attached hydrogen (secondary N) is 2. The molecular formula is C16H21N3O3S. The molecule has 0 radical (unpaired) electrons. The van der Waals surface area contributed by atoms with Crippen molar-refractivity contribution in [3.8, 4) is 0 Å². The fraction of sp³-hybridized carbons (Fsp3) is 0.500. The summed E-state index contributed by atoms with van der Waals surface area (Å²) < 4.78 is 5.11. The van der Waals surface area contributed by atoms with Crippen molar-refractivity contribution in [3.63, 3.8) is 0 Å². The van der Waals surface area contributed by atoms with Crippen LogP contribution in [0.15, 0.2) is 28.8 Å². The summed E-state index contributed by atoms with van der Waals surface area (Å²) in [6.45, 7) is 3.72. The molecule has 124 valence electrons. The van der Waals surface area contributed by atoms with Crippen LogP contribution in [0.4, 0.5) is 4.79 Å². The van der Waals surface area contributed by atoms with Gasteiger partial charge in [-0.1, -0.05) is 6.07 Å². The summed E-state index contributed by atoms with van der Waals surface area (Å²) in [6, 6.07) is 4.42. The largest absolute Gasteiger partial charge is 0.463 e. The number of ether oxygens (including phenoxy) is 1. The number of hydrogen-bond acceptors (Lipinski definition) is 5. The van der Waals surface area contributed by atoms with Gasteiger partial charge in [0.25, 0.3) is 0 Å². The summed E-state index contributed by atoms with van der Waals surface area (Å²) in [5, 5.41) is 7.49. The summed E-state index contributed by atoms with van der Waals surface area (Å²) in [6.07, 6.45) is 2.33. The first kappa shape index (κ1) is 16.0. The van der Waals surface area contributed by atoms with Crippen LogP contribution in [0.1, 0.15) is 24.6 Å². The van der Waals surface area contributed by atoms with Crippen LogP contribution >= 0.6 is 11.3 Å². The average Bonchev–Trinajstić information content (AvgIpc) is 3.25. The number of rotatable bonds is 7. The maximum atomic E-state index is 12.1. The van der Waals surface area contributed by atoms with E-state index in [0.29, 0.717) is 30.5 Å². The Bertz CT molecular complexity index is 608. The number of esters is 1. The van der Waals surface area contributed by atoms with E-state index in [1.165, 1.54) is 17.7 Å². The van der Waals surface area contributed by atoms with Crippen LogP contribution in [0.25, 0.3) is 0 Å². The average molecular weight is 335 g/mol. The minimum absolute atomic E-state index is 0.220. The highest BCUT2D eigenvalue weighted by Crippen LogP contribution is 2.30. The number of nitrogens with zero attached hydrogens (tertiary/aromatic N) is 1. The molecule has 0 aromatic carbocycles. The van der Waals surface area contributed by atoms with E-state index < -0.39 is 0 Å². The minimum atomic E-state index is -0.359. The zero-order valence-electron chi connectivity index (χ0n) is 13.1. The smallest absolute Gasteiger partial charge is 0.337 e. The summed E-state index contributed by atoms with van der Waals surface area (Å²) in [5.74, 6) is -0.359. The lowest BCUT2D eigenvalue weighted by Gasteiger charge is -2.27. The van der Waals surface area contributed by atoms with Crippen molar-refractivity contribution in [2.75, 3.05) is 19.7 Å². The zero-order chi connectivity index (χ0) is 16.2. The van der Waals surface area contributed by atoms with Gasteiger partial charge in [0.2, 0.25) is 0 Å². The normalized spacial score (nSPS) is 17.9. The summed E-state index contributed by atoms with van der Waals surface area (Å²) in [5.41, 5.74) is 1.18. The number of carbonyl (C=O) groups is 2. The lowest BCUT2D eigenvalue weighted by molar-refractivity contribution is -0.138. The molecule has 6 nitrogen and oxygen atoms in total. The monoisotopic (exact) mass is 335 g/mol. The lowest BCUT2D eigenvalue weighted by Crippen LogP contribution is -2.47. The van der Waals surface area contributed by atoms with Crippen molar-refractivity contribution in [1.82, 2.24) is 15.5 Å².